The van der Waals surface area contributed by atoms with Crippen molar-refractivity contribution in [3.05, 3.63) is 29.8 Å². The monoisotopic (exact) mass is 398 g/mol. The maximum absolute atomic E-state index is 13.1. The molecule has 138 valence electrons. The van der Waals surface area contributed by atoms with Gasteiger partial charge in [-0.3, -0.25) is 14.5 Å². The smallest absolute Gasteiger partial charge is 0.234 e. The van der Waals surface area contributed by atoms with E-state index in [-0.39, 0.29) is 29.3 Å². The number of hydrogen-bond donors (Lipinski definition) is 1. The van der Waals surface area contributed by atoms with Gasteiger partial charge in [0, 0.05) is 24.2 Å². The topological polar surface area (TPSA) is 75.2 Å². The van der Waals surface area contributed by atoms with Crippen LogP contribution in [0.15, 0.2) is 22.5 Å². The van der Waals surface area contributed by atoms with Crippen LogP contribution in [0.3, 0.4) is 0 Å². The highest BCUT2D eigenvalue weighted by Crippen LogP contribution is 2.36. The van der Waals surface area contributed by atoms with Gasteiger partial charge in [0.05, 0.1) is 5.75 Å². The van der Waals surface area contributed by atoms with Gasteiger partial charge in [-0.2, -0.15) is 0 Å². The second-order valence-electron chi connectivity index (χ2n) is 5.66. The Labute approximate surface area is 157 Å². The first-order valence-corrected chi connectivity index (χ1v) is 9.81. The summed E-state index contributed by atoms with van der Waals surface area (Å²) in [6.45, 7) is 1.80. The summed E-state index contributed by atoms with van der Waals surface area (Å²) < 4.78 is 26.6. The van der Waals surface area contributed by atoms with Gasteiger partial charge in [0.2, 0.25) is 16.9 Å². The van der Waals surface area contributed by atoms with E-state index in [0.29, 0.717) is 15.9 Å². The van der Waals surface area contributed by atoms with Gasteiger partial charge in [-0.1, -0.05) is 30.0 Å². The van der Waals surface area contributed by atoms with Crippen molar-refractivity contribution in [3.8, 4) is 0 Å². The molecule has 1 aromatic heterocycles. The molecule has 1 heterocycles. The number of carbonyl (C=O) groups excluding carboxylic acids is 2. The first-order valence-electron chi connectivity index (χ1n) is 8.01. The molecule has 0 unspecified atom stereocenters. The van der Waals surface area contributed by atoms with Crippen molar-refractivity contribution in [2.24, 2.45) is 0 Å². The van der Waals surface area contributed by atoms with Crippen molar-refractivity contribution in [2.75, 3.05) is 16.0 Å². The molecule has 1 aliphatic carbocycles. The zero-order valence-corrected chi connectivity index (χ0v) is 15.5. The number of rotatable bonds is 7. The van der Waals surface area contributed by atoms with E-state index in [9.17, 15) is 18.4 Å². The lowest BCUT2D eigenvalue weighted by atomic mass is 10.3. The van der Waals surface area contributed by atoms with Crippen LogP contribution in [0.1, 0.15) is 26.2 Å². The highest BCUT2D eigenvalue weighted by molar-refractivity contribution is 8.01. The van der Waals surface area contributed by atoms with Gasteiger partial charge in [0.15, 0.2) is 16.0 Å². The summed E-state index contributed by atoms with van der Waals surface area (Å²) in [4.78, 5) is 25.7. The molecule has 1 aromatic carbocycles. The number of aromatic nitrogens is 2. The van der Waals surface area contributed by atoms with E-state index in [4.69, 9.17) is 0 Å². The van der Waals surface area contributed by atoms with Crippen LogP contribution in [0.25, 0.3) is 0 Å². The fourth-order valence-corrected chi connectivity index (χ4v) is 3.96. The Hall–Kier alpha value is -2.07. The number of halogens is 2. The molecular formula is C16H16F2N4O2S2. The molecule has 0 saturated heterocycles. The van der Waals surface area contributed by atoms with Crippen molar-refractivity contribution in [3.63, 3.8) is 0 Å². The SMILES string of the molecule is CCC(=O)N(c1nnc(SCC(=O)Nc2ccc(F)c(F)c2)s1)C1CC1. The predicted molar refractivity (Wildman–Crippen MR) is 96.4 cm³/mol. The lowest BCUT2D eigenvalue weighted by Crippen LogP contribution is -2.32. The Morgan fingerprint density at radius 2 is 2.08 bits per heavy atom. The molecule has 3 rings (SSSR count). The lowest BCUT2D eigenvalue weighted by molar-refractivity contribution is -0.118. The van der Waals surface area contributed by atoms with Crippen LogP contribution in [0.5, 0.6) is 0 Å². The van der Waals surface area contributed by atoms with Crippen molar-refractivity contribution in [1.82, 2.24) is 10.2 Å². The largest absolute Gasteiger partial charge is 0.325 e. The van der Waals surface area contributed by atoms with Gasteiger partial charge >= 0.3 is 0 Å². The molecule has 0 bridgehead atoms. The zero-order valence-electron chi connectivity index (χ0n) is 13.9. The van der Waals surface area contributed by atoms with E-state index < -0.39 is 11.6 Å². The minimum Gasteiger partial charge on any atom is -0.325 e. The molecule has 26 heavy (non-hydrogen) atoms. The van der Waals surface area contributed by atoms with Gasteiger partial charge in [0.1, 0.15) is 0 Å². The Bertz CT molecular complexity index is 826. The van der Waals surface area contributed by atoms with Crippen LogP contribution in [0, 0.1) is 11.6 Å². The third-order valence-corrected chi connectivity index (χ3v) is 5.67. The summed E-state index contributed by atoms with van der Waals surface area (Å²) in [6, 6.07) is 3.36. The van der Waals surface area contributed by atoms with Crippen LogP contribution >= 0.6 is 23.1 Å². The first kappa shape index (κ1) is 18.7. The van der Waals surface area contributed by atoms with Gasteiger partial charge < -0.3 is 5.32 Å². The van der Waals surface area contributed by atoms with Gasteiger partial charge in [-0.25, -0.2) is 8.78 Å². The van der Waals surface area contributed by atoms with E-state index >= 15 is 0 Å². The van der Waals surface area contributed by atoms with Crippen molar-refractivity contribution >= 4 is 45.7 Å². The van der Waals surface area contributed by atoms with Gasteiger partial charge in [0.25, 0.3) is 0 Å². The van der Waals surface area contributed by atoms with Crippen LogP contribution in [-0.2, 0) is 9.59 Å². The molecule has 2 amide bonds. The average Bonchev–Trinajstić information content (AvgIpc) is 3.34. The Morgan fingerprint density at radius 1 is 1.31 bits per heavy atom. The van der Waals surface area contributed by atoms with Gasteiger partial charge in [-0.15, -0.1) is 10.2 Å². The Kier molecular flexibility index (Phi) is 5.82. The molecule has 1 saturated carbocycles. The maximum atomic E-state index is 13.1. The number of amides is 2. The summed E-state index contributed by atoms with van der Waals surface area (Å²) in [5, 5.41) is 11.1. The fraction of sp³-hybridized carbons (Fsp3) is 0.375. The predicted octanol–water partition coefficient (Wildman–Crippen LogP) is 3.45. The summed E-state index contributed by atoms with van der Waals surface area (Å²) in [5.74, 6) is -2.32. The summed E-state index contributed by atoms with van der Waals surface area (Å²) in [6.07, 6.45) is 2.32. The lowest BCUT2D eigenvalue weighted by Gasteiger charge is -2.17. The Balaban J connectivity index is 1.56. The fourth-order valence-electron chi connectivity index (χ4n) is 2.23. The van der Waals surface area contributed by atoms with Crippen LogP contribution in [0.4, 0.5) is 19.6 Å². The van der Waals surface area contributed by atoms with E-state index in [1.54, 1.807) is 11.8 Å². The quantitative estimate of drug-likeness (QED) is 0.571. The van der Waals surface area contributed by atoms with E-state index in [2.05, 4.69) is 15.5 Å². The number of carbonyl (C=O) groups is 2. The van der Waals surface area contributed by atoms with E-state index in [0.717, 1.165) is 25.0 Å². The standard InChI is InChI=1S/C16H16F2N4O2S2/c1-2-14(24)22(10-4-5-10)15-20-21-16(26-15)25-8-13(23)19-9-3-6-11(17)12(18)7-9/h3,6-7,10H,2,4-5,8H2,1H3,(H,19,23). The summed E-state index contributed by atoms with van der Waals surface area (Å²) in [5.41, 5.74) is 0.181. The third-order valence-electron chi connectivity index (χ3n) is 3.62. The molecule has 6 nitrogen and oxygen atoms in total. The van der Waals surface area contributed by atoms with Crippen molar-refractivity contribution in [2.45, 2.75) is 36.6 Å². The van der Waals surface area contributed by atoms with Crippen LogP contribution in [-0.4, -0.2) is 33.8 Å². The minimum atomic E-state index is -1.02. The first-order chi connectivity index (χ1) is 12.5. The van der Waals surface area contributed by atoms with Crippen LogP contribution < -0.4 is 10.2 Å². The summed E-state index contributed by atoms with van der Waals surface area (Å²) >= 11 is 2.43. The van der Waals surface area contributed by atoms with Crippen molar-refractivity contribution in [1.29, 1.82) is 0 Å². The molecule has 0 aliphatic heterocycles. The molecule has 0 atom stereocenters. The Morgan fingerprint density at radius 3 is 2.73 bits per heavy atom. The number of nitrogens with one attached hydrogen (secondary N) is 1. The minimum absolute atomic E-state index is 0.0104. The molecular weight excluding hydrogens is 382 g/mol. The number of thioether (sulfide) groups is 1. The zero-order chi connectivity index (χ0) is 18.7. The molecule has 1 N–H and O–H groups in total. The number of anilines is 2. The molecule has 2 aromatic rings. The maximum Gasteiger partial charge on any atom is 0.234 e. The summed E-state index contributed by atoms with van der Waals surface area (Å²) in [7, 11) is 0. The molecule has 1 aliphatic rings. The molecule has 0 radical (unpaired) electrons. The van der Waals surface area contributed by atoms with Crippen LogP contribution in [0.2, 0.25) is 0 Å². The second-order valence-corrected chi connectivity index (χ2v) is 7.84. The third kappa shape index (κ3) is 4.55. The normalized spacial score (nSPS) is 13.5. The van der Waals surface area contributed by atoms with Gasteiger partial charge in [-0.05, 0) is 25.0 Å². The van der Waals surface area contributed by atoms with E-state index in [1.165, 1.54) is 29.2 Å². The molecule has 1 fully saturated rings. The number of hydrogen-bond acceptors (Lipinski definition) is 6. The number of benzene rings is 1. The molecule has 10 heteroatoms. The van der Waals surface area contributed by atoms with Crippen molar-refractivity contribution < 1.29 is 18.4 Å². The highest BCUT2D eigenvalue weighted by atomic mass is 32.2. The second kappa shape index (κ2) is 8.09. The van der Waals surface area contributed by atoms with E-state index in [1.807, 2.05) is 0 Å². The highest BCUT2D eigenvalue weighted by Gasteiger charge is 2.35. The molecule has 0 spiro atoms. The average molecular weight is 398 g/mol. The number of nitrogens with zero attached hydrogens (tertiary/aromatic N) is 3.